The van der Waals surface area contributed by atoms with Crippen molar-refractivity contribution in [2.75, 3.05) is 12.0 Å². The summed E-state index contributed by atoms with van der Waals surface area (Å²) in [7, 11) is 0. The molecule has 0 saturated carbocycles. The molecule has 6 heteroatoms. The first-order valence-corrected chi connectivity index (χ1v) is 10.4. The van der Waals surface area contributed by atoms with Gasteiger partial charge in [-0.1, -0.05) is 73.8 Å². The van der Waals surface area contributed by atoms with Gasteiger partial charge in [0.1, 0.15) is 5.75 Å². The predicted octanol–water partition coefficient (Wildman–Crippen LogP) is 7.83. The van der Waals surface area contributed by atoms with Crippen molar-refractivity contribution in [2.45, 2.75) is 45.4 Å². The Labute approximate surface area is 176 Å². The summed E-state index contributed by atoms with van der Waals surface area (Å²) in [6.07, 6.45) is 9.24. The Balaban J connectivity index is 1.76. The second-order valence-corrected chi connectivity index (χ2v) is 7.55. The van der Waals surface area contributed by atoms with Gasteiger partial charge >= 0.3 is 0 Å². The summed E-state index contributed by atoms with van der Waals surface area (Å²) in [5.41, 5.74) is 4.32. The number of nitrogens with zero attached hydrogens (tertiary/aromatic N) is 1. The largest absolute Gasteiger partial charge is 0.494 e. The van der Waals surface area contributed by atoms with Crippen molar-refractivity contribution in [3.05, 3.63) is 57.0 Å². The number of hydrazone groups is 1. The minimum atomic E-state index is 0.420. The number of unbranched alkanes of at least 4 members (excludes halogenated alkanes) is 5. The normalized spacial score (nSPS) is 11.1. The standard InChI is InChI=1S/C21H25Cl3N2O/c1-2-3-4-5-6-7-12-27-18-10-8-16(9-11-18)15-25-26-21-19(23)13-17(22)14-20(21)24/h8-11,13-15,26H,2-7,12H2,1H3/b25-15-. The van der Waals surface area contributed by atoms with E-state index in [4.69, 9.17) is 39.5 Å². The van der Waals surface area contributed by atoms with Gasteiger partial charge in [0.05, 0.1) is 28.6 Å². The lowest BCUT2D eigenvalue weighted by molar-refractivity contribution is 0.304. The number of hydrogen-bond acceptors (Lipinski definition) is 3. The molecule has 0 saturated heterocycles. The van der Waals surface area contributed by atoms with Crippen LogP contribution in [0.25, 0.3) is 0 Å². The van der Waals surface area contributed by atoms with Gasteiger partial charge in [-0.2, -0.15) is 5.10 Å². The molecule has 0 aromatic heterocycles. The number of ether oxygens (including phenoxy) is 1. The highest BCUT2D eigenvalue weighted by atomic mass is 35.5. The van der Waals surface area contributed by atoms with Gasteiger partial charge in [0.15, 0.2) is 0 Å². The molecule has 0 radical (unpaired) electrons. The number of nitrogens with one attached hydrogen (secondary N) is 1. The molecule has 0 aliphatic carbocycles. The van der Waals surface area contributed by atoms with Gasteiger partial charge in [-0.15, -0.1) is 0 Å². The molecule has 0 bridgehead atoms. The number of rotatable bonds is 11. The lowest BCUT2D eigenvalue weighted by Gasteiger charge is -2.07. The topological polar surface area (TPSA) is 33.6 Å². The SMILES string of the molecule is CCCCCCCCOc1ccc(/C=N\Nc2c(Cl)cc(Cl)cc2Cl)cc1. The summed E-state index contributed by atoms with van der Waals surface area (Å²) in [6.45, 7) is 2.99. The average Bonchev–Trinajstić information content (AvgIpc) is 2.64. The first-order chi connectivity index (χ1) is 13.1. The Morgan fingerprint density at radius 1 is 0.926 bits per heavy atom. The zero-order valence-corrected chi connectivity index (χ0v) is 17.7. The van der Waals surface area contributed by atoms with E-state index in [0.717, 1.165) is 24.3 Å². The second-order valence-electron chi connectivity index (χ2n) is 6.30. The lowest BCUT2D eigenvalue weighted by Crippen LogP contribution is -1.97. The minimum absolute atomic E-state index is 0.420. The Hall–Kier alpha value is -1.42. The van der Waals surface area contributed by atoms with Crippen LogP contribution < -0.4 is 10.2 Å². The molecule has 1 N–H and O–H groups in total. The van der Waals surface area contributed by atoms with Crippen molar-refractivity contribution in [3.8, 4) is 5.75 Å². The molecule has 0 aliphatic heterocycles. The Kier molecular flexibility index (Phi) is 9.82. The van der Waals surface area contributed by atoms with Gasteiger partial charge in [0.2, 0.25) is 0 Å². The van der Waals surface area contributed by atoms with Crippen LogP contribution in [0.4, 0.5) is 5.69 Å². The molecule has 0 heterocycles. The molecular formula is C21H25Cl3N2O. The Bertz CT molecular complexity index is 710. The van der Waals surface area contributed by atoms with E-state index >= 15 is 0 Å². The zero-order valence-electron chi connectivity index (χ0n) is 15.5. The number of benzene rings is 2. The summed E-state index contributed by atoms with van der Waals surface area (Å²) < 4.78 is 5.78. The molecule has 3 nitrogen and oxygen atoms in total. The van der Waals surface area contributed by atoms with E-state index < -0.39 is 0 Å². The smallest absolute Gasteiger partial charge is 0.119 e. The molecule has 0 atom stereocenters. The Morgan fingerprint density at radius 3 is 2.22 bits per heavy atom. The highest BCUT2D eigenvalue weighted by molar-refractivity contribution is 6.41. The van der Waals surface area contributed by atoms with Crippen LogP contribution in [-0.2, 0) is 0 Å². The summed E-state index contributed by atoms with van der Waals surface area (Å²) in [5, 5.41) is 5.50. The van der Waals surface area contributed by atoms with Gasteiger partial charge in [-0.05, 0) is 48.4 Å². The summed E-state index contributed by atoms with van der Waals surface area (Å²) in [5.74, 6) is 0.873. The molecule has 0 fully saturated rings. The maximum Gasteiger partial charge on any atom is 0.119 e. The molecular weight excluding hydrogens is 403 g/mol. The fourth-order valence-corrected chi connectivity index (χ4v) is 3.44. The van der Waals surface area contributed by atoms with E-state index in [-0.39, 0.29) is 0 Å². The third-order valence-corrected chi connectivity index (χ3v) is 4.86. The number of halogens is 3. The van der Waals surface area contributed by atoms with Crippen molar-refractivity contribution in [1.29, 1.82) is 0 Å². The quantitative estimate of drug-likeness (QED) is 0.225. The summed E-state index contributed by atoms with van der Waals surface area (Å²) in [6, 6.07) is 11.0. The maximum absolute atomic E-state index is 6.11. The van der Waals surface area contributed by atoms with Crippen molar-refractivity contribution in [3.63, 3.8) is 0 Å². The predicted molar refractivity (Wildman–Crippen MR) is 118 cm³/mol. The summed E-state index contributed by atoms with van der Waals surface area (Å²) in [4.78, 5) is 0. The van der Waals surface area contributed by atoms with Crippen LogP contribution in [0, 0.1) is 0 Å². The van der Waals surface area contributed by atoms with E-state index in [9.17, 15) is 0 Å². The van der Waals surface area contributed by atoms with Gasteiger partial charge < -0.3 is 4.74 Å². The molecule has 2 aromatic carbocycles. The Morgan fingerprint density at radius 2 is 1.56 bits per heavy atom. The van der Waals surface area contributed by atoms with Crippen LogP contribution in [0.1, 0.15) is 51.0 Å². The first kappa shape index (κ1) is 21.9. The van der Waals surface area contributed by atoms with Crippen LogP contribution in [0.15, 0.2) is 41.5 Å². The van der Waals surface area contributed by atoms with E-state index in [1.54, 1.807) is 18.3 Å². The maximum atomic E-state index is 6.11. The molecule has 0 aliphatic rings. The molecule has 0 amide bonds. The van der Waals surface area contributed by atoms with Crippen molar-refractivity contribution in [1.82, 2.24) is 0 Å². The fourth-order valence-electron chi connectivity index (χ4n) is 2.54. The average molecular weight is 428 g/mol. The second kappa shape index (κ2) is 12.1. The molecule has 146 valence electrons. The summed E-state index contributed by atoms with van der Waals surface area (Å²) >= 11 is 18.1. The molecule has 0 unspecified atom stereocenters. The molecule has 0 spiro atoms. The monoisotopic (exact) mass is 426 g/mol. The van der Waals surface area contributed by atoms with Crippen LogP contribution >= 0.6 is 34.8 Å². The number of anilines is 1. The van der Waals surface area contributed by atoms with Crippen molar-refractivity contribution < 1.29 is 4.74 Å². The lowest BCUT2D eigenvalue weighted by atomic mass is 10.1. The third-order valence-electron chi connectivity index (χ3n) is 4.04. The van der Waals surface area contributed by atoms with Crippen LogP contribution in [-0.4, -0.2) is 12.8 Å². The zero-order chi connectivity index (χ0) is 19.5. The molecule has 27 heavy (non-hydrogen) atoms. The van der Waals surface area contributed by atoms with Gasteiger partial charge in [0.25, 0.3) is 0 Å². The first-order valence-electron chi connectivity index (χ1n) is 9.26. The molecule has 2 rings (SSSR count). The van der Waals surface area contributed by atoms with Gasteiger partial charge in [-0.3, -0.25) is 5.43 Å². The van der Waals surface area contributed by atoms with E-state index in [1.807, 2.05) is 24.3 Å². The highest BCUT2D eigenvalue weighted by Gasteiger charge is 2.06. The highest BCUT2D eigenvalue weighted by Crippen LogP contribution is 2.33. The van der Waals surface area contributed by atoms with Crippen LogP contribution in [0.3, 0.4) is 0 Å². The minimum Gasteiger partial charge on any atom is -0.494 e. The van der Waals surface area contributed by atoms with E-state index in [0.29, 0.717) is 20.8 Å². The van der Waals surface area contributed by atoms with Gasteiger partial charge in [0, 0.05) is 5.02 Å². The van der Waals surface area contributed by atoms with Gasteiger partial charge in [-0.25, -0.2) is 0 Å². The van der Waals surface area contributed by atoms with Crippen LogP contribution in [0.5, 0.6) is 5.75 Å². The molecule has 2 aromatic rings. The van der Waals surface area contributed by atoms with E-state index in [1.165, 1.54) is 32.1 Å². The number of hydrogen-bond donors (Lipinski definition) is 1. The van der Waals surface area contributed by atoms with Crippen LogP contribution in [0.2, 0.25) is 15.1 Å². The van der Waals surface area contributed by atoms with Crippen molar-refractivity contribution >= 4 is 46.7 Å². The fraction of sp³-hybridized carbons (Fsp3) is 0.381. The third kappa shape index (κ3) is 8.00. The van der Waals surface area contributed by atoms with Crippen molar-refractivity contribution in [2.24, 2.45) is 5.10 Å². The van der Waals surface area contributed by atoms with E-state index in [2.05, 4.69) is 17.5 Å².